The second-order valence-corrected chi connectivity index (χ2v) is 8.60. The number of hydrogen-bond acceptors (Lipinski definition) is 6. The van der Waals surface area contributed by atoms with Gasteiger partial charge in [0.1, 0.15) is 5.82 Å². The molecule has 4 rings (SSSR count). The number of thiazole rings is 1. The van der Waals surface area contributed by atoms with Crippen LogP contribution in [0.1, 0.15) is 27.0 Å². The largest absolute Gasteiger partial charge is 0.352 e. The van der Waals surface area contributed by atoms with Crippen molar-refractivity contribution < 1.29 is 4.79 Å². The summed E-state index contributed by atoms with van der Waals surface area (Å²) in [6, 6.07) is 12.0. The van der Waals surface area contributed by atoms with Crippen LogP contribution in [0.3, 0.4) is 0 Å². The monoisotopic (exact) mass is 429 g/mol. The molecule has 6 nitrogen and oxygen atoms in total. The van der Waals surface area contributed by atoms with E-state index >= 15 is 0 Å². The fourth-order valence-electron chi connectivity index (χ4n) is 3.36. The summed E-state index contributed by atoms with van der Waals surface area (Å²) in [6.07, 6.45) is 5.74. The van der Waals surface area contributed by atoms with Crippen LogP contribution in [0.15, 0.2) is 55.0 Å². The van der Waals surface area contributed by atoms with Gasteiger partial charge in [0.05, 0.1) is 22.8 Å². The Hall–Kier alpha value is -3.45. The van der Waals surface area contributed by atoms with Crippen LogP contribution in [0, 0.1) is 20.8 Å². The quantitative estimate of drug-likeness (QED) is 0.490. The van der Waals surface area contributed by atoms with Crippen LogP contribution >= 0.6 is 11.3 Å². The van der Waals surface area contributed by atoms with Gasteiger partial charge in [-0.2, -0.15) is 0 Å². The lowest BCUT2D eigenvalue weighted by Crippen LogP contribution is -2.24. The number of nitrogens with one attached hydrogen (secondary N) is 1. The first kappa shape index (κ1) is 20.8. The van der Waals surface area contributed by atoms with Crippen LogP contribution in [0.4, 0.5) is 0 Å². The van der Waals surface area contributed by atoms with E-state index in [0.717, 1.165) is 49.4 Å². The van der Waals surface area contributed by atoms with Crippen LogP contribution in [0.2, 0.25) is 0 Å². The van der Waals surface area contributed by atoms with Gasteiger partial charge < -0.3 is 5.32 Å². The molecule has 4 aromatic rings. The van der Waals surface area contributed by atoms with Crippen LogP contribution in [0.5, 0.6) is 0 Å². The van der Waals surface area contributed by atoms with E-state index < -0.39 is 0 Å². The van der Waals surface area contributed by atoms with E-state index in [1.54, 1.807) is 23.7 Å². The summed E-state index contributed by atoms with van der Waals surface area (Å²) >= 11 is 1.58. The minimum absolute atomic E-state index is 0.00206. The van der Waals surface area contributed by atoms with Crippen molar-refractivity contribution in [3.05, 3.63) is 82.0 Å². The molecular formula is C24H23N5OS. The number of amides is 1. The average Bonchev–Trinajstić information content (AvgIpc) is 3.09. The number of aromatic nitrogens is 4. The first-order chi connectivity index (χ1) is 15.0. The summed E-state index contributed by atoms with van der Waals surface area (Å²) in [4.78, 5) is 30.9. The van der Waals surface area contributed by atoms with E-state index in [1.807, 2.05) is 63.4 Å². The third-order valence-corrected chi connectivity index (χ3v) is 6.01. The Labute approximate surface area is 185 Å². The molecule has 0 fully saturated rings. The van der Waals surface area contributed by atoms with Crippen molar-refractivity contribution in [1.82, 2.24) is 25.3 Å². The lowest BCUT2D eigenvalue weighted by atomic mass is 10.0. The summed E-state index contributed by atoms with van der Waals surface area (Å²) in [6.45, 7) is 6.27. The van der Waals surface area contributed by atoms with Crippen LogP contribution in [0.25, 0.3) is 22.4 Å². The van der Waals surface area contributed by atoms with Crippen molar-refractivity contribution in [2.75, 3.05) is 0 Å². The molecule has 3 aromatic heterocycles. The fourth-order valence-corrected chi connectivity index (χ4v) is 4.30. The molecule has 3 heterocycles. The smallest absolute Gasteiger partial charge is 0.225 e. The molecule has 1 N–H and O–H groups in total. The Kier molecular flexibility index (Phi) is 6.13. The van der Waals surface area contributed by atoms with Crippen molar-refractivity contribution >= 4 is 17.2 Å². The molecule has 31 heavy (non-hydrogen) atoms. The number of rotatable bonds is 6. The lowest BCUT2D eigenvalue weighted by Gasteiger charge is -2.11. The van der Waals surface area contributed by atoms with Gasteiger partial charge in [-0.1, -0.05) is 24.3 Å². The molecule has 0 radical (unpaired) electrons. The molecule has 0 saturated heterocycles. The topological polar surface area (TPSA) is 80.7 Å². The Bertz CT molecular complexity index is 1200. The molecule has 1 aromatic carbocycles. The molecule has 0 bridgehead atoms. The summed E-state index contributed by atoms with van der Waals surface area (Å²) in [5.41, 5.74) is 5.84. The summed E-state index contributed by atoms with van der Waals surface area (Å²) in [5.74, 6) is 0.722. The van der Waals surface area contributed by atoms with E-state index in [2.05, 4.69) is 25.3 Å². The second kappa shape index (κ2) is 9.14. The first-order valence-corrected chi connectivity index (χ1v) is 10.8. The molecule has 7 heteroatoms. The van der Waals surface area contributed by atoms with Crippen LogP contribution < -0.4 is 5.32 Å². The van der Waals surface area contributed by atoms with Crippen molar-refractivity contribution in [3.8, 4) is 22.4 Å². The molecule has 0 atom stereocenters. The van der Waals surface area contributed by atoms with E-state index in [-0.39, 0.29) is 5.91 Å². The van der Waals surface area contributed by atoms with Gasteiger partial charge in [-0.05, 0) is 44.0 Å². The predicted molar refractivity (Wildman–Crippen MR) is 123 cm³/mol. The summed E-state index contributed by atoms with van der Waals surface area (Å²) in [7, 11) is 0. The Morgan fingerprint density at radius 3 is 2.39 bits per heavy atom. The third kappa shape index (κ3) is 5.00. The zero-order valence-electron chi connectivity index (χ0n) is 17.7. The maximum atomic E-state index is 12.3. The van der Waals surface area contributed by atoms with Gasteiger partial charge in [-0.25, -0.2) is 15.0 Å². The second-order valence-electron chi connectivity index (χ2n) is 7.31. The first-order valence-electron chi connectivity index (χ1n) is 10.0. The highest BCUT2D eigenvalue weighted by Crippen LogP contribution is 2.29. The van der Waals surface area contributed by atoms with Crippen LogP contribution in [-0.2, 0) is 17.8 Å². The number of carbonyl (C=O) groups excluding carboxylic acids is 1. The van der Waals surface area contributed by atoms with Crippen molar-refractivity contribution in [3.63, 3.8) is 0 Å². The number of benzene rings is 1. The molecule has 0 unspecified atom stereocenters. The highest BCUT2D eigenvalue weighted by molar-refractivity contribution is 7.11. The zero-order chi connectivity index (χ0) is 21.8. The van der Waals surface area contributed by atoms with Gasteiger partial charge in [0.2, 0.25) is 5.91 Å². The van der Waals surface area contributed by atoms with Gasteiger partial charge in [0.15, 0.2) is 0 Å². The standard InChI is InChI=1S/C24H23N5OS/c1-15-22(31-17(3)28-15)12-23(30)27-13-18-4-6-20(7-5-18)24-21(14-26-16(2)29-24)19-8-10-25-11-9-19/h4-11,14H,12-13H2,1-3H3,(H,27,30). The van der Waals surface area contributed by atoms with Gasteiger partial charge in [-0.3, -0.25) is 9.78 Å². The molecule has 1 amide bonds. The Morgan fingerprint density at radius 1 is 0.968 bits per heavy atom. The maximum absolute atomic E-state index is 12.3. The van der Waals surface area contributed by atoms with Crippen molar-refractivity contribution in [2.45, 2.75) is 33.7 Å². The van der Waals surface area contributed by atoms with Crippen molar-refractivity contribution in [2.24, 2.45) is 0 Å². The molecule has 0 aliphatic rings. The normalized spacial score (nSPS) is 10.8. The number of pyridine rings is 1. The van der Waals surface area contributed by atoms with E-state index in [9.17, 15) is 4.79 Å². The molecule has 0 saturated carbocycles. The molecular weight excluding hydrogens is 406 g/mol. The number of hydrogen-bond donors (Lipinski definition) is 1. The van der Waals surface area contributed by atoms with E-state index in [1.165, 1.54) is 0 Å². The number of carbonyl (C=O) groups is 1. The summed E-state index contributed by atoms with van der Waals surface area (Å²) in [5, 5.41) is 3.98. The summed E-state index contributed by atoms with van der Waals surface area (Å²) < 4.78 is 0. The average molecular weight is 430 g/mol. The molecule has 156 valence electrons. The maximum Gasteiger partial charge on any atom is 0.225 e. The minimum Gasteiger partial charge on any atom is -0.352 e. The van der Waals surface area contributed by atoms with Gasteiger partial charge in [-0.15, -0.1) is 11.3 Å². The minimum atomic E-state index is 0.00206. The fraction of sp³-hybridized carbons (Fsp3) is 0.208. The Morgan fingerprint density at radius 2 is 1.71 bits per heavy atom. The lowest BCUT2D eigenvalue weighted by molar-refractivity contribution is -0.120. The molecule has 0 spiro atoms. The Balaban J connectivity index is 1.47. The third-order valence-electron chi connectivity index (χ3n) is 4.94. The highest BCUT2D eigenvalue weighted by atomic mass is 32.1. The highest BCUT2D eigenvalue weighted by Gasteiger charge is 2.12. The van der Waals surface area contributed by atoms with Gasteiger partial charge in [0.25, 0.3) is 0 Å². The van der Waals surface area contributed by atoms with Crippen molar-refractivity contribution in [1.29, 1.82) is 0 Å². The zero-order valence-corrected chi connectivity index (χ0v) is 18.5. The van der Waals surface area contributed by atoms with E-state index in [4.69, 9.17) is 0 Å². The van der Waals surface area contributed by atoms with E-state index in [0.29, 0.717) is 13.0 Å². The number of aryl methyl sites for hydroxylation is 3. The predicted octanol–water partition coefficient (Wildman–Crippen LogP) is 4.45. The SMILES string of the molecule is Cc1ncc(-c2ccncc2)c(-c2ccc(CNC(=O)Cc3sc(C)nc3C)cc2)n1. The number of nitrogens with zero attached hydrogens (tertiary/aromatic N) is 4. The van der Waals surface area contributed by atoms with Crippen LogP contribution in [-0.4, -0.2) is 25.8 Å². The van der Waals surface area contributed by atoms with Gasteiger partial charge in [0, 0.05) is 41.1 Å². The van der Waals surface area contributed by atoms with Gasteiger partial charge >= 0.3 is 0 Å². The molecule has 0 aliphatic carbocycles. The molecule has 0 aliphatic heterocycles.